The Bertz CT molecular complexity index is 1490. The zero-order valence-electron chi connectivity index (χ0n) is 17.1. The van der Waals surface area contributed by atoms with Gasteiger partial charge in [0.05, 0.1) is 0 Å². The third-order valence-electron chi connectivity index (χ3n) is 11.4. The number of benzene rings is 1. The second-order valence-corrected chi connectivity index (χ2v) is 11.7. The van der Waals surface area contributed by atoms with Crippen molar-refractivity contribution in [3.05, 3.63) is 85.6 Å². The first kappa shape index (κ1) is 13.9. The first-order chi connectivity index (χ1) is 14.9. The van der Waals surface area contributed by atoms with E-state index in [0.717, 1.165) is 11.8 Å². The summed E-state index contributed by atoms with van der Waals surface area (Å²) in [5.41, 5.74) is 25.8. The highest BCUT2D eigenvalue weighted by Gasteiger charge is 2.73. The summed E-state index contributed by atoms with van der Waals surface area (Å²) in [5, 5.41) is 0. The van der Waals surface area contributed by atoms with E-state index in [0.29, 0.717) is 10.8 Å². The Balaban J connectivity index is 1.43. The van der Waals surface area contributed by atoms with E-state index in [2.05, 4.69) is 24.3 Å². The molecule has 0 aromatic heterocycles. The van der Waals surface area contributed by atoms with Crippen molar-refractivity contribution in [1.29, 1.82) is 0 Å². The topological polar surface area (TPSA) is 0 Å². The number of hydrogen-bond donors (Lipinski definition) is 0. The highest BCUT2D eigenvalue weighted by atomic mass is 14.7. The van der Waals surface area contributed by atoms with Crippen molar-refractivity contribution >= 4 is 16.7 Å². The van der Waals surface area contributed by atoms with Gasteiger partial charge in [0.1, 0.15) is 0 Å². The monoisotopic (exact) mass is 382 g/mol. The minimum Gasteiger partial charge on any atom is -0.0837 e. The smallest absolute Gasteiger partial charge is 0.0321 e. The van der Waals surface area contributed by atoms with Gasteiger partial charge in [0, 0.05) is 22.7 Å². The molecule has 0 heterocycles. The van der Waals surface area contributed by atoms with Crippen LogP contribution in [-0.4, -0.2) is 0 Å². The van der Waals surface area contributed by atoms with E-state index in [4.69, 9.17) is 0 Å². The second-order valence-electron chi connectivity index (χ2n) is 11.7. The van der Waals surface area contributed by atoms with Crippen molar-refractivity contribution in [3.63, 3.8) is 0 Å². The molecule has 0 bridgehead atoms. The summed E-state index contributed by atoms with van der Waals surface area (Å²) >= 11 is 0. The summed E-state index contributed by atoms with van der Waals surface area (Å²) in [4.78, 5) is 0. The fraction of sp³-hybridized carbons (Fsp3) is 0.400. The molecule has 1 aromatic rings. The molecule has 1 fully saturated rings. The normalized spacial score (nSPS) is 41.7. The average molecular weight is 383 g/mol. The van der Waals surface area contributed by atoms with Gasteiger partial charge in [-0.3, -0.25) is 0 Å². The predicted octanol–water partition coefficient (Wildman–Crippen LogP) is 6.47. The predicted molar refractivity (Wildman–Crippen MR) is 119 cm³/mol. The first-order valence-corrected chi connectivity index (χ1v) is 12.4. The van der Waals surface area contributed by atoms with Gasteiger partial charge in [0.25, 0.3) is 0 Å². The van der Waals surface area contributed by atoms with Crippen molar-refractivity contribution in [2.24, 2.45) is 11.8 Å². The maximum Gasteiger partial charge on any atom is 0.0321 e. The summed E-state index contributed by atoms with van der Waals surface area (Å²) in [6.07, 6.45) is 21.3. The summed E-state index contributed by atoms with van der Waals surface area (Å²) in [6, 6.07) is 0. The Kier molecular flexibility index (Phi) is 1.67. The van der Waals surface area contributed by atoms with Crippen molar-refractivity contribution in [2.75, 3.05) is 0 Å². The lowest BCUT2D eigenvalue weighted by atomic mass is 9.49. The largest absolute Gasteiger partial charge is 0.0837 e. The van der Waals surface area contributed by atoms with E-state index in [-0.39, 0.29) is 0 Å². The maximum absolute atomic E-state index is 2.74. The second kappa shape index (κ2) is 3.62. The third kappa shape index (κ3) is 0.928. The van der Waals surface area contributed by atoms with Gasteiger partial charge in [-0.2, -0.15) is 0 Å². The SMILES string of the molecule is C1=C2CCCC3=CC[C@@]45C6=CCC7=C6c6c7c7c8c(c64)[C@](C1)(C1=CCC(=C18)C7)C2C35. The molecule has 142 valence electrons. The molecule has 0 aliphatic heterocycles. The molecular weight excluding hydrogens is 360 g/mol. The lowest BCUT2D eigenvalue weighted by Crippen LogP contribution is -2.50. The van der Waals surface area contributed by atoms with Crippen LogP contribution < -0.4 is 0 Å². The highest BCUT2D eigenvalue weighted by Crippen LogP contribution is 2.82. The zero-order chi connectivity index (χ0) is 18.7. The summed E-state index contributed by atoms with van der Waals surface area (Å²) < 4.78 is 0. The molecule has 0 heteroatoms. The van der Waals surface area contributed by atoms with Crippen LogP contribution in [-0.2, 0) is 17.3 Å². The molecule has 10 aliphatic rings. The van der Waals surface area contributed by atoms with Crippen LogP contribution in [0.2, 0.25) is 0 Å². The van der Waals surface area contributed by atoms with Crippen LogP contribution >= 0.6 is 0 Å². The molecular formula is C30H22. The van der Waals surface area contributed by atoms with Crippen molar-refractivity contribution in [2.45, 2.75) is 62.2 Å². The van der Waals surface area contributed by atoms with Crippen LogP contribution in [0.15, 0.2) is 52.2 Å². The molecule has 0 nitrogen and oxygen atoms in total. The fourth-order valence-electron chi connectivity index (χ4n) is 10.9. The zero-order valence-corrected chi connectivity index (χ0v) is 17.1. The maximum atomic E-state index is 2.74. The van der Waals surface area contributed by atoms with E-state index in [1.807, 2.05) is 22.3 Å². The van der Waals surface area contributed by atoms with Crippen molar-refractivity contribution in [3.8, 4) is 0 Å². The lowest BCUT2D eigenvalue weighted by molar-refractivity contribution is 0.212. The molecule has 0 N–H and O–H groups in total. The average Bonchev–Trinajstić information content (AvgIpc) is 3.52. The van der Waals surface area contributed by atoms with E-state index >= 15 is 0 Å². The van der Waals surface area contributed by atoms with Gasteiger partial charge in [0.2, 0.25) is 0 Å². The van der Waals surface area contributed by atoms with Gasteiger partial charge < -0.3 is 0 Å². The molecule has 10 aliphatic carbocycles. The van der Waals surface area contributed by atoms with E-state index in [1.165, 1.54) is 51.4 Å². The number of allylic oxidation sites excluding steroid dienone is 12. The van der Waals surface area contributed by atoms with E-state index < -0.39 is 0 Å². The Morgan fingerprint density at radius 2 is 1.40 bits per heavy atom. The van der Waals surface area contributed by atoms with E-state index in [1.54, 1.807) is 55.7 Å². The summed E-state index contributed by atoms with van der Waals surface area (Å²) in [7, 11) is 0. The van der Waals surface area contributed by atoms with Crippen LogP contribution in [0.5, 0.6) is 0 Å². The van der Waals surface area contributed by atoms with Gasteiger partial charge >= 0.3 is 0 Å². The molecule has 0 amide bonds. The molecule has 0 saturated heterocycles. The Morgan fingerprint density at radius 3 is 2.20 bits per heavy atom. The molecule has 0 radical (unpaired) electrons. The van der Waals surface area contributed by atoms with Gasteiger partial charge in [-0.15, -0.1) is 0 Å². The number of hydrogen-bond acceptors (Lipinski definition) is 0. The van der Waals surface area contributed by atoms with Gasteiger partial charge in [0.15, 0.2) is 0 Å². The number of fused-ring (bicyclic) bond motifs is 2. The summed E-state index contributed by atoms with van der Waals surface area (Å²) in [5.74, 6) is 1.49. The van der Waals surface area contributed by atoms with Crippen molar-refractivity contribution < 1.29 is 0 Å². The molecule has 1 aromatic carbocycles. The third-order valence-corrected chi connectivity index (χ3v) is 11.4. The molecule has 1 saturated carbocycles. The Morgan fingerprint density at radius 1 is 0.700 bits per heavy atom. The Labute approximate surface area is 176 Å². The van der Waals surface area contributed by atoms with Crippen LogP contribution in [0, 0.1) is 11.8 Å². The van der Waals surface area contributed by atoms with Crippen LogP contribution in [0.4, 0.5) is 0 Å². The standard InChI is InChI=1S/C30H22/c1-2-13-8-10-29-18-6-4-15-12-17-21-16-5-7-19-22(16)24(21)28(27(29)23(17)20(15)18)30(19)11-9-14(3-1)26(30)25(13)29/h6-9,25-26H,1-5,10-12H2/t25?,26?,29-,30+/m1/s1. The quantitative estimate of drug-likeness (QED) is 0.451. The van der Waals surface area contributed by atoms with Crippen LogP contribution in [0.3, 0.4) is 0 Å². The van der Waals surface area contributed by atoms with Gasteiger partial charge in [-0.25, -0.2) is 0 Å². The minimum atomic E-state index is 0.304. The van der Waals surface area contributed by atoms with Gasteiger partial charge in [-0.05, 0) is 113 Å². The molecule has 4 atom stereocenters. The minimum absolute atomic E-state index is 0.304. The fourth-order valence-corrected chi connectivity index (χ4v) is 10.9. The van der Waals surface area contributed by atoms with Crippen LogP contribution in [0.1, 0.15) is 78.3 Å². The van der Waals surface area contributed by atoms with Crippen LogP contribution in [0.25, 0.3) is 16.7 Å². The number of rotatable bonds is 0. The molecule has 30 heavy (non-hydrogen) atoms. The lowest BCUT2D eigenvalue weighted by Gasteiger charge is -2.53. The van der Waals surface area contributed by atoms with E-state index in [9.17, 15) is 0 Å². The first-order valence-electron chi connectivity index (χ1n) is 12.4. The van der Waals surface area contributed by atoms with Gasteiger partial charge in [-0.1, -0.05) is 41.0 Å². The Hall–Kier alpha value is -2.34. The highest BCUT2D eigenvalue weighted by molar-refractivity contribution is 6.21. The molecule has 2 unspecified atom stereocenters. The summed E-state index contributed by atoms with van der Waals surface area (Å²) in [6.45, 7) is 0. The van der Waals surface area contributed by atoms with Crippen molar-refractivity contribution in [1.82, 2.24) is 0 Å². The molecule has 2 spiro atoms. The molecule has 11 rings (SSSR count).